The van der Waals surface area contributed by atoms with Crippen LogP contribution >= 0.6 is 0 Å². The van der Waals surface area contributed by atoms with Crippen molar-refractivity contribution in [1.29, 1.82) is 0 Å². The third-order valence-corrected chi connectivity index (χ3v) is 4.89. The van der Waals surface area contributed by atoms with Crippen LogP contribution in [-0.2, 0) is 5.41 Å². The molecule has 0 aliphatic carbocycles. The summed E-state index contributed by atoms with van der Waals surface area (Å²) < 4.78 is 0. The molecule has 3 rings (SSSR count). The van der Waals surface area contributed by atoms with Crippen molar-refractivity contribution in [3.8, 4) is 0 Å². The van der Waals surface area contributed by atoms with Crippen LogP contribution < -0.4 is 21.8 Å². The van der Waals surface area contributed by atoms with E-state index in [0.29, 0.717) is 28.1 Å². The van der Waals surface area contributed by atoms with Gasteiger partial charge in [-0.2, -0.15) is 0 Å². The predicted molar refractivity (Wildman–Crippen MR) is 124 cm³/mol. The topological polar surface area (TPSA) is 110 Å². The normalized spacial score (nSPS) is 10.9. The Morgan fingerprint density at radius 3 is 1.77 bits per heavy atom. The van der Waals surface area contributed by atoms with Crippen LogP contribution in [0, 0.1) is 0 Å². The molecule has 0 atom stereocenters. The Labute approximate surface area is 182 Å². The van der Waals surface area contributed by atoms with Crippen molar-refractivity contribution in [2.75, 3.05) is 10.6 Å². The first-order valence-electron chi connectivity index (χ1n) is 9.96. The zero-order chi connectivity index (χ0) is 22.6. The van der Waals surface area contributed by atoms with Gasteiger partial charge in [-0.25, -0.2) is 0 Å². The number of hydrogen-bond acceptors (Lipinski definition) is 2. The molecule has 0 bridgehead atoms. The Morgan fingerprint density at radius 2 is 1.26 bits per heavy atom. The highest BCUT2D eigenvalue weighted by molar-refractivity contribution is 6.10. The lowest BCUT2D eigenvalue weighted by molar-refractivity contribution is -0.114. The maximum atomic E-state index is 12.7. The first-order valence-corrected chi connectivity index (χ1v) is 9.96. The molecule has 6 heteroatoms. The summed E-state index contributed by atoms with van der Waals surface area (Å²) in [4.78, 5) is 25.5. The van der Waals surface area contributed by atoms with E-state index in [0.717, 1.165) is 5.56 Å². The second-order valence-electron chi connectivity index (χ2n) is 8.32. The first-order chi connectivity index (χ1) is 14.6. The van der Waals surface area contributed by atoms with E-state index < -0.39 is 0 Å². The molecule has 0 fully saturated rings. The van der Waals surface area contributed by atoms with Gasteiger partial charge in [-0.05, 0) is 53.4 Å². The van der Waals surface area contributed by atoms with Crippen LogP contribution in [0.25, 0.3) is 0 Å². The van der Waals surface area contributed by atoms with E-state index in [9.17, 15) is 9.59 Å². The fourth-order valence-corrected chi connectivity index (χ4v) is 3.05. The highest BCUT2D eigenvalue weighted by Crippen LogP contribution is 2.25. The molecule has 0 unspecified atom stereocenters. The van der Waals surface area contributed by atoms with Crippen LogP contribution in [0.2, 0.25) is 0 Å². The van der Waals surface area contributed by atoms with Gasteiger partial charge in [0.25, 0.3) is 17.6 Å². The standard InChI is InChI=1S/C25H26N4O2/c1-25(2,3)19-13-11-16(12-14-19)23(30)28-20-9-4-5-10-21(20)29-24(31)18-8-6-7-17(15-18)22(26)27/h4-15H,1-3H3,(H3,26,27)(H,28,30)(H,29,31)/p+1. The number of amides is 2. The molecule has 0 aromatic heterocycles. The van der Waals surface area contributed by atoms with Gasteiger partial charge in [0, 0.05) is 11.1 Å². The van der Waals surface area contributed by atoms with Crippen LogP contribution in [0.4, 0.5) is 11.4 Å². The fraction of sp³-hybridized carbons (Fsp3) is 0.160. The zero-order valence-electron chi connectivity index (χ0n) is 17.9. The molecule has 0 aliphatic rings. The fourth-order valence-electron chi connectivity index (χ4n) is 3.05. The minimum Gasteiger partial charge on any atom is -0.320 e. The summed E-state index contributed by atoms with van der Waals surface area (Å²) in [7, 11) is 0. The Hall–Kier alpha value is -3.93. The van der Waals surface area contributed by atoms with E-state index >= 15 is 0 Å². The Bertz CT molecular complexity index is 1130. The van der Waals surface area contributed by atoms with E-state index in [4.69, 9.17) is 11.1 Å². The minimum absolute atomic E-state index is 0.00944. The maximum absolute atomic E-state index is 12.7. The summed E-state index contributed by atoms with van der Waals surface area (Å²) in [5, 5.41) is 11.3. The van der Waals surface area contributed by atoms with Gasteiger partial charge in [0.2, 0.25) is 0 Å². The Balaban J connectivity index is 1.77. The number of nitrogens with two attached hydrogens (primary N) is 2. The summed E-state index contributed by atoms with van der Waals surface area (Å²) >= 11 is 0. The molecule has 3 aromatic carbocycles. The number of nitrogens with one attached hydrogen (secondary N) is 2. The number of rotatable bonds is 5. The number of para-hydroxylation sites is 2. The van der Waals surface area contributed by atoms with Gasteiger partial charge in [0.1, 0.15) is 0 Å². The van der Waals surface area contributed by atoms with Crippen LogP contribution in [-0.4, -0.2) is 17.6 Å². The maximum Gasteiger partial charge on any atom is 0.270 e. The summed E-state index contributed by atoms with van der Waals surface area (Å²) in [6.07, 6.45) is 0. The number of anilines is 2. The lowest BCUT2D eigenvalue weighted by atomic mass is 9.87. The van der Waals surface area contributed by atoms with E-state index in [1.807, 2.05) is 12.1 Å². The third-order valence-electron chi connectivity index (χ3n) is 4.89. The molecule has 0 saturated heterocycles. The van der Waals surface area contributed by atoms with E-state index in [-0.39, 0.29) is 23.1 Å². The highest BCUT2D eigenvalue weighted by atomic mass is 16.2. The van der Waals surface area contributed by atoms with E-state index in [1.165, 1.54) is 0 Å². The quantitative estimate of drug-likeness (QED) is 0.380. The summed E-state index contributed by atoms with van der Waals surface area (Å²) in [5.41, 5.74) is 9.29. The number of carbonyl (C=O) groups is 2. The smallest absolute Gasteiger partial charge is 0.270 e. The number of hydrogen-bond donors (Lipinski definition) is 4. The van der Waals surface area contributed by atoms with E-state index in [2.05, 4.69) is 31.4 Å². The number of amidine groups is 1. The second-order valence-corrected chi connectivity index (χ2v) is 8.32. The summed E-state index contributed by atoms with van der Waals surface area (Å²) in [6.45, 7) is 6.36. The summed E-state index contributed by atoms with van der Waals surface area (Å²) in [5.74, 6) is -0.450. The molecular weight excluding hydrogens is 388 g/mol. The molecule has 0 radical (unpaired) electrons. The Kier molecular flexibility index (Phi) is 6.20. The van der Waals surface area contributed by atoms with Crippen molar-refractivity contribution < 1.29 is 15.0 Å². The molecular formula is C25H27N4O2+. The van der Waals surface area contributed by atoms with Crippen LogP contribution in [0.1, 0.15) is 52.6 Å². The average Bonchev–Trinajstić information content (AvgIpc) is 2.74. The molecule has 0 spiro atoms. The van der Waals surface area contributed by atoms with Crippen molar-refractivity contribution in [2.24, 2.45) is 5.73 Å². The zero-order valence-corrected chi connectivity index (χ0v) is 17.9. The molecule has 6 nitrogen and oxygen atoms in total. The average molecular weight is 416 g/mol. The molecule has 2 amide bonds. The molecule has 0 saturated carbocycles. The predicted octanol–water partition coefficient (Wildman–Crippen LogP) is 2.95. The van der Waals surface area contributed by atoms with Gasteiger partial charge >= 0.3 is 0 Å². The van der Waals surface area contributed by atoms with Crippen molar-refractivity contribution in [3.05, 3.63) is 95.1 Å². The van der Waals surface area contributed by atoms with Gasteiger partial charge < -0.3 is 10.6 Å². The third kappa shape index (κ3) is 5.36. The Morgan fingerprint density at radius 1 is 0.742 bits per heavy atom. The second kappa shape index (κ2) is 8.83. The molecule has 31 heavy (non-hydrogen) atoms. The summed E-state index contributed by atoms with van der Waals surface area (Å²) in [6, 6.07) is 21.3. The highest BCUT2D eigenvalue weighted by Gasteiger charge is 2.16. The van der Waals surface area contributed by atoms with Crippen LogP contribution in [0.3, 0.4) is 0 Å². The van der Waals surface area contributed by atoms with Gasteiger partial charge in [-0.3, -0.25) is 20.7 Å². The molecule has 3 aromatic rings. The minimum atomic E-state index is -0.334. The van der Waals surface area contributed by atoms with E-state index in [1.54, 1.807) is 60.7 Å². The monoisotopic (exact) mass is 415 g/mol. The molecule has 158 valence electrons. The van der Waals surface area contributed by atoms with Crippen molar-refractivity contribution in [3.63, 3.8) is 0 Å². The van der Waals surface area contributed by atoms with Crippen LogP contribution in [0.15, 0.2) is 72.8 Å². The first kappa shape index (κ1) is 21.8. The van der Waals surface area contributed by atoms with Gasteiger partial charge in [-0.15, -0.1) is 0 Å². The lowest BCUT2D eigenvalue weighted by Gasteiger charge is -2.19. The lowest BCUT2D eigenvalue weighted by Crippen LogP contribution is -2.46. The molecule has 0 heterocycles. The molecule has 0 aliphatic heterocycles. The largest absolute Gasteiger partial charge is 0.320 e. The number of carbonyl (C=O) groups excluding carboxylic acids is 2. The van der Waals surface area contributed by atoms with Crippen LogP contribution in [0.5, 0.6) is 0 Å². The van der Waals surface area contributed by atoms with Gasteiger partial charge in [0.05, 0.1) is 16.9 Å². The van der Waals surface area contributed by atoms with Gasteiger partial charge in [-0.1, -0.05) is 51.1 Å². The van der Waals surface area contributed by atoms with Crippen molar-refractivity contribution in [1.82, 2.24) is 0 Å². The SMILES string of the molecule is CC(C)(C)c1ccc(C(=O)Nc2ccccc2NC(=O)c2cccc(C(N)=[NH2+])c2)cc1. The van der Waals surface area contributed by atoms with Crippen molar-refractivity contribution >= 4 is 29.0 Å². The number of benzene rings is 3. The van der Waals surface area contributed by atoms with Crippen molar-refractivity contribution in [2.45, 2.75) is 26.2 Å². The van der Waals surface area contributed by atoms with Gasteiger partial charge in [0.15, 0.2) is 0 Å². The molecule has 6 N–H and O–H groups in total.